The second-order valence-electron chi connectivity index (χ2n) is 12.8. The zero-order chi connectivity index (χ0) is 36.6. The molecule has 0 bridgehead atoms. The second-order valence-corrected chi connectivity index (χ2v) is 12.8. The summed E-state index contributed by atoms with van der Waals surface area (Å²) in [6.45, 7) is 7.07. The van der Waals surface area contributed by atoms with Crippen LogP contribution in [0.4, 0.5) is 23.7 Å². The highest BCUT2D eigenvalue weighted by Crippen LogP contribution is 2.40. The molecular weight excluding hydrogens is 665 g/mol. The number of carbonyl (C=O) groups excluding carboxylic acids is 3. The van der Waals surface area contributed by atoms with Gasteiger partial charge < -0.3 is 29.0 Å². The molecule has 3 aliphatic heterocycles. The number of hydrazine groups is 1. The standard InChI is InChI=1S/C34H45F3N4O9/c1-7-48-31(43)27-14-10-22(18-40(27)32(44)50-33(2,3)4)38-26-13-11-24-25(23(26)12-15-29(42)46-6)19-47-16-8-9-21-17-28(34(35,36)37)39-41(30(21)24)49-20-45-5/h11-13,15,17,22,27,38-39H,7-10,14,16,18-20H2,1-6H3/b15-12+/t22-,27+/m1/s1. The first-order valence-electron chi connectivity index (χ1n) is 16.3. The molecule has 50 heavy (non-hydrogen) atoms. The van der Waals surface area contributed by atoms with E-state index in [-0.39, 0.29) is 45.6 Å². The lowest BCUT2D eigenvalue weighted by Crippen LogP contribution is -2.55. The molecule has 1 aromatic carbocycles. The van der Waals surface area contributed by atoms with E-state index < -0.39 is 41.5 Å². The van der Waals surface area contributed by atoms with Gasteiger partial charge in [-0.1, -0.05) is 6.07 Å². The molecule has 0 aliphatic carbocycles. The van der Waals surface area contributed by atoms with Gasteiger partial charge in [-0.2, -0.15) is 18.3 Å². The number of esters is 2. The molecule has 1 fully saturated rings. The van der Waals surface area contributed by atoms with Gasteiger partial charge in [0.2, 0.25) is 0 Å². The van der Waals surface area contributed by atoms with Crippen LogP contribution in [0.3, 0.4) is 0 Å². The lowest BCUT2D eigenvalue weighted by molar-refractivity contribution is -0.214. The summed E-state index contributed by atoms with van der Waals surface area (Å²) in [6, 6.07) is 2.24. The van der Waals surface area contributed by atoms with Gasteiger partial charge in [-0.25, -0.2) is 19.2 Å². The molecule has 0 saturated carbocycles. The van der Waals surface area contributed by atoms with Crippen molar-refractivity contribution in [2.75, 3.05) is 46.1 Å². The van der Waals surface area contributed by atoms with Gasteiger partial charge in [0.15, 0.2) is 6.79 Å². The summed E-state index contributed by atoms with van der Waals surface area (Å²) in [6.07, 6.45) is -0.0889. The predicted octanol–water partition coefficient (Wildman–Crippen LogP) is 5.44. The molecule has 4 rings (SSSR count). The fourth-order valence-corrected chi connectivity index (χ4v) is 5.82. The normalized spacial score (nSPS) is 20.1. The molecular formula is C34H45F3N4O9. The van der Waals surface area contributed by atoms with Crippen LogP contribution >= 0.6 is 0 Å². The Hall–Kier alpha value is -4.28. The number of amides is 1. The Labute approximate surface area is 289 Å². The smallest absolute Gasteiger partial charge is 0.432 e. The summed E-state index contributed by atoms with van der Waals surface area (Å²) in [7, 11) is 2.59. The molecule has 1 saturated heterocycles. The molecule has 13 nitrogen and oxygen atoms in total. The molecule has 3 aliphatic rings. The Morgan fingerprint density at radius 1 is 1.14 bits per heavy atom. The number of rotatable bonds is 9. The van der Waals surface area contributed by atoms with Crippen LogP contribution in [0.25, 0.3) is 11.8 Å². The molecule has 2 N–H and O–H groups in total. The summed E-state index contributed by atoms with van der Waals surface area (Å²) in [5.41, 5.74) is 3.25. The van der Waals surface area contributed by atoms with Gasteiger partial charge in [-0.15, -0.1) is 0 Å². The zero-order valence-corrected chi connectivity index (χ0v) is 29.1. The van der Waals surface area contributed by atoms with Crippen LogP contribution in [-0.4, -0.2) is 92.7 Å². The molecule has 276 valence electrons. The van der Waals surface area contributed by atoms with Crippen LogP contribution in [0.5, 0.6) is 0 Å². The number of hydrogen-bond acceptors (Lipinski definition) is 12. The van der Waals surface area contributed by atoms with E-state index in [0.29, 0.717) is 52.9 Å². The summed E-state index contributed by atoms with van der Waals surface area (Å²) < 4.78 is 68.6. The molecule has 0 aromatic heterocycles. The maximum atomic E-state index is 14.0. The number of methoxy groups -OCH3 is 2. The minimum atomic E-state index is -4.69. The number of nitrogens with zero attached hydrogens (tertiary/aromatic N) is 2. The van der Waals surface area contributed by atoms with Crippen molar-refractivity contribution < 1.29 is 56.1 Å². The fourth-order valence-electron chi connectivity index (χ4n) is 5.82. The van der Waals surface area contributed by atoms with Crippen molar-refractivity contribution in [2.45, 2.75) is 83.8 Å². The number of nitrogens with one attached hydrogen (secondary N) is 2. The molecule has 0 unspecified atom stereocenters. The number of alkyl halides is 3. The van der Waals surface area contributed by atoms with E-state index in [1.54, 1.807) is 39.8 Å². The van der Waals surface area contributed by atoms with E-state index >= 15 is 0 Å². The monoisotopic (exact) mass is 710 g/mol. The lowest BCUT2D eigenvalue weighted by atomic mass is 9.92. The Kier molecular flexibility index (Phi) is 12.8. The third-order valence-corrected chi connectivity index (χ3v) is 7.96. The van der Waals surface area contributed by atoms with Crippen LogP contribution < -0.4 is 10.7 Å². The average molecular weight is 711 g/mol. The maximum absolute atomic E-state index is 14.0. The van der Waals surface area contributed by atoms with E-state index in [1.165, 1.54) is 31.3 Å². The van der Waals surface area contributed by atoms with Gasteiger partial charge in [0, 0.05) is 49.2 Å². The van der Waals surface area contributed by atoms with Crippen molar-refractivity contribution in [2.24, 2.45) is 0 Å². The van der Waals surface area contributed by atoms with E-state index in [2.05, 4.69) is 10.7 Å². The number of piperidine rings is 1. The van der Waals surface area contributed by atoms with E-state index in [4.69, 9.17) is 28.5 Å². The van der Waals surface area contributed by atoms with Crippen molar-refractivity contribution in [1.29, 1.82) is 0 Å². The summed E-state index contributed by atoms with van der Waals surface area (Å²) >= 11 is 0. The Morgan fingerprint density at radius 3 is 2.56 bits per heavy atom. The number of fused-ring (bicyclic) bond motifs is 2. The van der Waals surface area contributed by atoms with E-state index in [0.717, 1.165) is 11.2 Å². The first-order valence-corrected chi connectivity index (χ1v) is 16.3. The highest BCUT2D eigenvalue weighted by Gasteiger charge is 2.41. The fraction of sp³-hybridized carbons (Fsp3) is 0.559. The highest BCUT2D eigenvalue weighted by molar-refractivity contribution is 5.90. The van der Waals surface area contributed by atoms with Crippen molar-refractivity contribution >= 4 is 35.5 Å². The van der Waals surface area contributed by atoms with Gasteiger partial charge >= 0.3 is 24.2 Å². The second kappa shape index (κ2) is 16.6. The number of anilines is 1. The molecule has 1 amide bonds. The highest BCUT2D eigenvalue weighted by atomic mass is 19.4. The summed E-state index contributed by atoms with van der Waals surface area (Å²) in [4.78, 5) is 45.4. The molecule has 16 heteroatoms. The topological polar surface area (TPSA) is 137 Å². The molecule has 3 heterocycles. The minimum Gasteiger partial charge on any atom is -0.466 e. The first-order chi connectivity index (χ1) is 23.7. The largest absolute Gasteiger partial charge is 0.466 e. The van der Waals surface area contributed by atoms with Crippen molar-refractivity contribution in [3.63, 3.8) is 0 Å². The van der Waals surface area contributed by atoms with Crippen molar-refractivity contribution in [3.8, 4) is 0 Å². The predicted molar refractivity (Wildman–Crippen MR) is 175 cm³/mol. The third-order valence-electron chi connectivity index (χ3n) is 7.96. The van der Waals surface area contributed by atoms with Gasteiger partial charge in [-0.05, 0) is 82.7 Å². The summed E-state index contributed by atoms with van der Waals surface area (Å²) in [5.74, 6) is -1.16. The molecule has 0 spiro atoms. The summed E-state index contributed by atoms with van der Waals surface area (Å²) in [5, 5.41) is 4.41. The Bertz CT molecular complexity index is 1500. The Morgan fingerprint density at radius 2 is 1.90 bits per heavy atom. The molecule has 2 atom stereocenters. The first kappa shape index (κ1) is 38.5. The van der Waals surface area contributed by atoms with Crippen molar-refractivity contribution in [3.05, 3.63) is 52.2 Å². The lowest BCUT2D eigenvalue weighted by Gasteiger charge is -2.39. The average Bonchev–Trinajstić information content (AvgIpc) is 3.14. The van der Waals surface area contributed by atoms with Crippen LogP contribution in [0.1, 0.15) is 70.1 Å². The quantitative estimate of drug-likeness (QED) is 0.146. The number of hydroxylamine groups is 1. The van der Waals surface area contributed by atoms with Crippen LogP contribution in [0.2, 0.25) is 0 Å². The number of ether oxygens (including phenoxy) is 5. The minimum absolute atomic E-state index is 0.0378. The van der Waals surface area contributed by atoms with Gasteiger partial charge in [0.1, 0.15) is 17.3 Å². The number of carbonyl (C=O) groups is 3. The van der Waals surface area contributed by atoms with E-state index in [9.17, 15) is 27.6 Å². The zero-order valence-electron chi connectivity index (χ0n) is 29.1. The Balaban J connectivity index is 1.81. The van der Waals surface area contributed by atoms with Gasteiger partial charge in [0.05, 0.1) is 26.0 Å². The maximum Gasteiger partial charge on any atom is 0.432 e. The van der Waals surface area contributed by atoms with E-state index in [1.807, 2.05) is 0 Å². The van der Waals surface area contributed by atoms with Gasteiger partial charge in [0.25, 0.3) is 0 Å². The third kappa shape index (κ3) is 9.69. The number of halogens is 3. The number of hydrogen-bond donors (Lipinski definition) is 2. The number of likely N-dealkylation sites (tertiary alicyclic amines) is 1. The molecule has 1 aromatic rings. The molecule has 0 radical (unpaired) electrons. The number of allylic oxidation sites excluding steroid dienone is 3. The van der Waals surface area contributed by atoms with Crippen LogP contribution in [0, 0.1) is 0 Å². The van der Waals surface area contributed by atoms with Crippen LogP contribution in [-0.2, 0) is 44.7 Å². The SMILES string of the molecule is CCOC(=O)[C@@H]1CC[C@@H](Nc2ccc3c(c2/C=C/C(=O)OC)COCCCC2=C3N(OCOC)NC(C(F)(F)F)=C2)CN1C(=O)OC(C)(C)C. The van der Waals surface area contributed by atoms with Crippen LogP contribution in [0.15, 0.2) is 35.6 Å². The number of benzene rings is 1. The van der Waals surface area contributed by atoms with Crippen molar-refractivity contribution in [1.82, 2.24) is 15.5 Å². The van der Waals surface area contributed by atoms with Gasteiger partial charge in [-0.3, -0.25) is 10.3 Å².